The standard InChI is InChI=1S/C26H19ClF7N5O2/c27-17-9-13(11-35)1-4-18(17)39-7-5-14(6-8-39)24(41)36-12-15-2-3-16(25(29,30)31)21(22(15)28)23-37-19(26(32,33)34)10-20(40)38-23/h1-4,9-10,14H,5-8,12H2,(H,36,41)(H,37,38,40). The number of H-pyrrole nitrogens is 1. The summed E-state index contributed by atoms with van der Waals surface area (Å²) in [7, 11) is 0. The van der Waals surface area contributed by atoms with Crippen LogP contribution in [-0.4, -0.2) is 29.0 Å². The lowest BCUT2D eigenvalue weighted by Gasteiger charge is -2.33. The van der Waals surface area contributed by atoms with Crippen molar-refractivity contribution in [1.82, 2.24) is 15.3 Å². The minimum absolute atomic E-state index is 0.0410. The molecule has 0 atom stereocenters. The van der Waals surface area contributed by atoms with Gasteiger partial charge in [0.15, 0.2) is 5.69 Å². The number of carbonyl (C=O) groups excluding carboxylic acids is 1. The van der Waals surface area contributed by atoms with E-state index in [0.29, 0.717) is 48.3 Å². The van der Waals surface area contributed by atoms with Crippen LogP contribution >= 0.6 is 11.6 Å². The fourth-order valence-electron chi connectivity index (χ4n) is 4.49. The van der Waals surface area contributed by atoms with Crippen molar-refractivity contribution in [2.75, 3.05) is 18.0 Å². The summed E-state index contributed by atoms with van der Waals surface area (Å²) in [5.41, 5.74) is -5.63. The number of rotatable bonds is 5. The molecule has 1 aliphatic rings. The van der Waals surface area contributed by atoms with Crippen molar-refractivity contribution in [2.45, 2.75) is 31.7 Å². The van der Waals surface area contributed by atoms with E-state index in [1.54, 1.807) is 17.1 Å². The van der Waals surface area contributed by atoms with E-state index in [1.165, 1.54) is 6.07 Å². The average molecular weight is 602 g/mol. The molecule has 1 amide bonds. The molecule has 216 valence electrons. The Morgan fingerprint density at radius 1 is 1.10 bits per heavy atom. The van der Waals surface area contributed by atoms with E-state index in [1.807, 2.05) is 11.0 Å². The van der Waals surface area contributed by atoms with E-state index in [9.17, 15) is 35.9 Å². The quantitative estimate of drug-likeness (QED) is 0.367. The molecular formula is C26H19ClF7N5O2. The Labute approximate surface area is 232 Å². The molecule has 0 aliphatic carbocycles. The number of hydrogen-bond donors (Lipinski definition) is 2. The number of carbonyl (C=O) groups is 1. The molecule has 41 heavy (non-hydrogen) atoms. The number of benzene rings is 2. The van der Waals surface area contributed by atoms with Crippen LogP contribution in [0.4, 0.5) is 36.4 Å². The lowest BCUT2D eigenvalue weighted by molar-refractivity contribution is -0.141. The van der Waals surface area contributed by atoms with Crippen LogP contribution in [0.2, 0.25) is 5.02 Å². The van der Waals surface area contributed by atoms with Crippen LogP contribution in [0, 0.1) is 23.1 Å². The molecule has 7 nitrogen and oxygen atoms in total. The highest BCUT2D eigenvalue weighted by atomic mass is 35.5. The fourth-order valence-corrected chi connectivity index (χ4v) is 4.79. The van der Waals surface area contributed by atoms with Crippen molar-refractivity contribution < 1.29 is 35.5 Å². The molecule has 2 heterocycles. The number of alkyl halides is 6. The molecule has 1 aliphatic heterocycles. The number of anilines is 1. The van der Waals surface area contributed by atoms with E-state index in [4.69, 9.17) is 16.9 Å². The Morgan fingerprint density at radius 3 is 2.37 bits per heavy atom. The summed E-state index contributed by atoms with van der Waals surface area (Å²) in [5, 5.41) is 11.8. The zero-order valence-corrected chi connectivity index (χ0v) is 21.5. The van der Waals surface area contributed by atoms with Crippen molar-refractivity contribution in [3.8, 4) is 17.5 Å². The van der Waals surface area contributed by atoms with Crippen LogP contribution in [0.15, 0.2) is 41.2 Å². The van der Waals surface area contributed by atoms with Crippen molar-refractivity contribution in [3.05, 3.63) is 80.0 Å². The molecule has 1 saturated heterocycles. The topological polar surface area (TPSA) is 102 Å². The van der Waals surface area contributed by atoms with Crippen LogP contribution in [0.25, 0.3) is 11.4 Å². The van der Waals surface area contributed by atoms with E-state index in [-0.39, 0.29) is 6.07 Å². The van der Waals surface area contributed by atoms with Crippen molar-refractivity contribution in [2.24, 2.45) is 5.92 Å². The van der Waals surface area contributed by atoms with Gasteiger partial charge in [-0.1, -0.05) is 17.7 Å². The van der Waals surface area contributed by atoms with Crippen LogP contribution in [0.1, 0.15) is 35.2 Å². The summed E-state index contributed by atoms with van der Waals surface area (Å²) < 4.78 is 95.8. The number of aromatic nitrogens is 2. The Balaban J connectivity index is 1.52. The molecule has 0 spiro atoms. The van der Waals surface area contributed by atoms with Gasteiger partial charge in [0.05, 0.1) is 33.5 Å². The smallest absolute Gasteiger partial charge is 0.370 e. The van der Waals surface area contributed by atoms with E-state index < -0.39 is 70.3 Å². The van der Waals surface area contributed by atoms with Gasteiger partial charge in [-0.05, 0) is 37.1 Å². The van der Waals surface area contributed by atoms with E-state index in [2.05, 4.69) is 10.3 Å². The van der Waals surface area contributed by atoms with Gasteiger partial charge in [0, 0.05) is 37.2 Å². The number of hydrogen-bond acceptors (Lipinski definition) is 5. The zero-order valence-electron chi connectivity index (χ0n) is 20.8. The van der Waals surface area contributed by atoms with Gasteiger partial charge >= 0.3 is 12.4 Å². The van der Waals surface area contributed by atoms with Gasteiger partial charge < -0.3 is 15.2 Å². The maximum Gasteiger partial charge on any atom is 0.433 e. The Morgan fingerprint density at radius 2 is 1.78 bits per heavy atom. The molecule has 15 heteroatoms. The number of piperidine rings is 1. The minimum atomic E-state index is -5.20. The molecule has 2 aromatic carbocycles. The molecule has 1 fully saturated rings. The number of aromatic amines is 1. The first-order valence-electron chi connectivity index (χ1n) is 12.0. The molecule has 4 rings (SSSR count). The first-order valence-corrected chi connectivity index (χ1v) is 12.4. The number of amides is 1. The number of halogens is 8. The lowest BCUT2D eigenvalue weighted by Crippen LogP contribution is -2.40. The van der Waals surface area contributed by atoms with Crippen LogP contribution in [0.3, 0.4) is 0 Å². The van der Waals surface area contributed by atoms with Crippen molar-refractivity contribution in [3.63, 3.8) is 0 Å². The highest BCUT2D eigenvalue weighted by molar-refractivity contribution is 6.33. The molecular weight excluding hydrogens is 583 g/mol. The third-order valence-corrected chi connectivity index (χ3v) is 6.84. The summed E-state index contributed by atoms with van der Waals surface area (Å²) in [4.78, 5) is 31.2. The summed E-state index contributed by atoms with van der Waals surface area (Å²) in [5.74, 6) is -3.85. The molecule has 0 unspecified atom stereocenters. The first-order chi connectivity index (χ1) is 19.2. The van der Waals surface area contributed by atoms with Crippen molar-refractivity contribution >= 4 is 23.2 Å². The van der Waals surface area contributed by atoms with Crippen LogP contribution in [-0.2, 0) is 23.7 Å². The largest absolute Gasteiger partial charge is 0.433 e. The second-order valence-electron chi connectivity index (χ2n) is 9.19. The number of nitrogens with zero attached hydrogens (tertiary/aromatic N) is 3. The Kier molecular flexibility index (Phi) is 8.30. The average Bonchev–Trinajstić information content (AvgIpc) is 2.90. The van der Waals surface area contributed by atoms with Gasteiger partial charge in [0.2, 0.25) is 5.91 Å². The minimum Gasteiger partial charge on any atom is -0.370 e. The number of nitrogens with one attached hydrogen (secondary N) is 2. The predicted molar refractivity (Wildman–Crippen MR) is 133 cm³/mol. The fraction of sp³-hybridized carbons (Fsp3) is 0.308. The SMILES string of the molecule is N#Cc1ccc(N2CCC(C(=O)NCc3ccc(C(F)(F)F)c(-c4nc(C(F)(F)F)cc(=O)[nH]4)c3F)CC2)c(Cl)c1. The lowest BCUT2D eigenvalue weighted by atomic mass is 9.95. The molecule has 0 saturated carbocycles. The van der Waals surface area contributed by atoms with Gasteiger partial charge in [0.25, 0.3) is 5.56 Å². The Bertz CT molecular complexity index is 1570. The van der Waals surface area contributed by atoms with Gasteiger partial charge in [-0.25, -0.2) is 9.37 Å². The third-order valence-electron chi connectivity index (χ3n) is 6.53. The normalized spacial score (nSPS) is 14.6. The summed E-state index contributed by atoms with van der Waals surface area (Å²) >= 11 is 6.25. The zero-order chi connectivity index (χ0) is 30.1. The maximum absolute atomic E-state index is 15.4. The summed E-state index contributed by atoms with van der Waals surface area (Å²) in [6, 6.07) is 8.04. The van der Waals surface area contributed by atoms with E-state index >= 15 is 4.39 Å². The molecule has 0 radical (unpaired) electrons. The van der Waals surface area contributed by atoms with E-state index in [0.717, 1.165) is 6.07 Å². The third kappa shape index (κ3) is 6.62. The first kappa shape index (κ1) is 29.9. The molecule has 3 aromatic rings. The van der Waals surface area contributed by atoms with Gasteiger partial charge in [-0.3, -0.25) is 9.59 Å². The predicted octanol–water partition coefficient (Wildman–Crippen LogP) is 5.67. The van der Waals surface area contributed by atoms with Crippen LogP contribution < -0.4 is 15.8 Å². The van der Waals surface area contributed by atoms with Gasteiger partial charge in [-0.2, -0.15) is 31.6 Å². The summed E-state index contributed by atoms with van der Waals surface area (Å²) in [6.07, 6.45) is -9.63. The highest BCUT2D eigenvalue weighted by Gasteiger charge is 2.39. The maximum atomic E-state index is 15.4. The second-order valence-corrected chi connectivity index (χ2v) is 9.60. The molecule has 1 aromatic heterocycles. The molecule has 0 bridgehead atoms. The van der Waals surface area contributed by atoms with Gasteiger partial charge in [-0.15, -0.1) is 0 Å². The number of nitriles is 1. The van der Waals surface area contributed by atoms with Gasteiger partial charge in [0.1, 0.15) is 11.6 Å². The van der Waals surface area contributed by atoms with Crippen LogP contribution in [0.5, 0.6) is 0 Å². The second kappa shape index (κ2) is 11.4. The van der Waals surface area contributed by atoms with Crippen molar-refractivity contribution in [1.29, 1.82) is 5.26 Å². The monoisotopic (exact) mass is 601 g/mol. The molecule has 2 N–H and O–H groups in total. The Hall–Kier alpha value is -4.12. The summed E-state index contributed by atoms with van der Waals surface area (Å²) in [6.45, 7) is 0.287. The highest BCUT2D eigenvalue weighted by Crippen LogP contribution is 2.39.